The smallest absolute Gasteiger partial charge is 0.407 e. The number of rotatable bonds is 5. The van der Waals surface area contributed by atoms with Gasteiger partial charge in [0.05, 0.1) is 12.7 Å². The van der Waals surface area contributed by atoms with Crippen molar-refractivity contribution in [1.82, 2.24) is 10.2 Å². The zero-order valence-corrected chi connectivity index (χ0v) is 11.7. The predicted octanol–water partition coefficient (Wildman–Crippen LogP) is 1.21. The zero-order chi connectivity index (χ0) is 13.5. The molecule has 1 fully saturated rings. The molecule has 5 heteroatoms. The maximum Gasteiger partial charge on any atom is 0.407 e. The molecule has 0 radical (unpaired) electrons. The number of alkyl carbamates (subject to hydrolysis) is 1. The molecular weight excluding hydrogens is 232 g/mol. The van der Waals surface area contributed by atoms with E-state index in [0.717, 1.165) is 32.5 Å². The lowest BCUT2D eigenvalue weighted by molar-refractivity contribution is 0.0464. The fourth-order valence-electron chi connectivity index (χ4n) is 2.52. The lowest BCUT2D eigenvalue weighted by atomic mass is 9.90. The van der Waals surface area contributed by atoms with Crippen LogP contribution in [-0.4, -0.2) is 54.5 Å². The van der Waals surface area contributed by atoms with Crippen LogP contribution in [0.3, 0.4) is 0 Å². The van der Waals surface area contributed by atoms with Crippen molar-refractivity contribution in [2.75, 3.05) is 26.2 Å². The van der Waals surface area contributed by atoms with E-state index < -0.39 is 0 Å². The Labute approximate surface area is 109 Å². The fourth-order valence-corrected chi connectivity index (χ4v) is 2.52. The molecule has 3 atom stereocenters. The number of nitrogens with one attached hydrogen (secondary N) is 1. The van der Waals surface area contributed by atoms with Crippen molar-refractivity contribution in [1.29, 1.82) is 0 Å². The Hall–Kier alpha value is -0.810. The quantitative estimate of drug-likeness (QED) is 0.778. The molecule has 5 nitrogen and oxygen atoms in total. The Kier molecular flexibility index (Phi) is 6.43. The van der Waals surface area contributed by atoms with Crippen LogP contribution in [-0.2, 0) is 4.74 Å². The molecule has 0 aromatic rings. The van der Waals surface area contributed by atoms with Crippen LogP contribution in [0.4, 0.5) is 4.79 Å². The second-order valence-electron chi connectivity index (χ2n) is 5.06. The van der Waals surface area contributed by atoms with E-state index in [0.29, 0.717) is 6.61 Å². The summed E-state index contributed by atoms with van der Waals surface area (Å²) in [5, 5.41) is 12.6. The van der Waals surface area contributed by atoms with Crippen LogP contribution in [0.1, 0.15) is 33.6 Å². The molecule has 2 N–H and O–H groups in total. The fraction of sp³-hybridized carbons (Fsp3) is 0.923. The second kappa shape index (κ2) is 7.59. The first-order valence-corrected chi connectivity index (χ1v) is 6.90. The molecule has 0 saturated carbocycles. The minimum Gasteiger partial charge on any atom is -0.450 e. The van der Waals surface area contributed by atoms with Crippen LogP contribution in [0.5, 0.6) is 0 Å². The van der Waals surface area contributed by atoms with Crippen molar-refractivity contribution in [2.45, 2.75) is 45.8 Å². The first-order valence-electron chi connectivity index (χ1n) is 6.90. The van der Waals surface area contributed by atoms with Crippen LogP contribution in [0.2, 0.25) is 0 Å². The van der Waals surface area contributed by atoms with Gasteiger partial charge in [-0.15, -0.1) is 0 Å². The van der Waals surface area contributed by atoms with Crippen molar-refractivity contribution in [2.24, 2.45) is 5.92 Å². The summed E-state index contributed by atoms with van der Waals surface area (Å²) in [6, 6.07) is 0.0731. The van der Waals surface area contributed by atoms with E-state index in [9.17, 15) is 9.90 Å². The molecule has 0 aromatic heterocycles. The third kappa shape index (κ3) is 4.82. The van der Waals surface area contributed by atoms with Gasteiger partial charge in [-0.05, 0) is 39.2 Å². The van der Waals surface area contributed by atoms with Crippen molar-refractivity contribution >= 4 is 6.09 Å². The summed E-state index contributed by atoms with van der Waals surface area (Å²) in [4.78, 5) is 13.7. The molecule has 1 heterocycles. The Morgan fingerprint density at radius 1 is 1.50 bits per heavy atom. The van der Waals surface area contributed by atoms with E-state index >= 15 is 0 Å². The van der Waals surface area contributed by atoms with Gasteiger partial charge in [-0.2, -0.15) is 0 Å². The number of hydrogen-bond donors (Lipinski definition) is 2. The number of aliphatic hydroxyl groups excluding tert-OH is 1. The van der Waals surface area contributed by atoms with Crippen LogP contribution in [0, 0.1) is 5.92 Å². The molecule has 3 unspecified atom stereocenters. The van der Waals surface area contributed by atoms with Crippen LogP contribution < -0.4 is 5.32 Å². The first kappa shape index (κ1) is 15.2. The molecular formula is C13H26N2O3. The van der Waals surface area contributed by atoms with Crippen LogP contribution in [0.25, 0.3) is 0 Å². The maximum atomic E-state index is 11.4. The number of carbonyl (C=O) groups is 1. The summed E-state index contributed by atoms with van der Waals surface area (Å²) in [6.45, 7) is 8.90. The average Bonchev–Trinajstić information content (AvgIpc) is 2.29. The van der Waals surface area contributed by atoms with Gasteiger partial charge in [0.15, 0.2) is 0 Å². The monoisotopic (exact) mass is 258 g/mol. The molecule has 18 heavy (non-hydrogen) atoms. The van der Waals surface area contributed by atoms with Crippen molar-refractivity contribution in [3.05, 3.63) is 0 Å². The minimum absolute atomic E-state index is 0.0731. The number of likely N-dealkylation sites (tertiary alicyclic amines) is 1. The van der Waals surface area contributed by atoms with Gasteiger partial charge in [0.25, 0.3) is 0 Å². The molecule has 1 saturated heterocycles. The van der Waals surface area contributed by atoms with Gasteiger partial charge in [-0.25, -0.2) is 4.79 Å². The zero-order valence-electron chi connectivity index (χ0n) is 11.7. The molecule has 0 bridgehead atoms. The highest BCUT2D eigenvalue weighted by atomic mass is 16.5. The number of carbonyl (C=O) groups excluding carboxylic acids is 1. The number of ether oxygens (including phenoxy) is 1. The van der Waals surface area contributed by atoms with Crippen molar-refractivity contribution in [3.8, 4) is 0 Å². The van der Waals surface area contributed by atoms with E-state index in [1.54, 1.807) is 6.92 Å². The third-order valence-electron chi connectivity index (χ3n) is 3.38. The Morgan fingerprint density at radius 3 is 2.78 bits per heavy atom. The molecule has 1 aliphatic rings. The standard InChI is InChI=1S/C13H26N2O3/c1-4-6-15-8-11(10(3)16)7-12(9-15)14-13(17)18-5-2/h10-12,16H,4-9H2,1-3H3,(H,14,17). The van der Waals surface area contributed by atoms with Crippen molar-refractivity contribution < 1.29 is 14.6 Å². The third-order valence-corrected chi connectivity index (χ3v) is 3.38. The topological polar surface area (TPSA) is 61.8 Å². The van der Waals surface area contributed by atoms with E-state index in [1.165, 1.54) is 0 Å². The average molecular weight is 258 g/mol. The largest absolute Gasteiger partial charge is 0.450 e. The SMILES string of the molecule is CCCN1CC(NC(=O)OCC)CC(C(C)O)C1. The Balaban J connectivity index is 2.52. The first-order chi connectivity index (χ1) is 8.56. The summed E-state index contributed by atoms with van der Waals surface area (Å²) in [5.74, 6) is 0.220. The van der Waals surface area contributed by atoms with E-state index in [-0.39, 0.29) is 24.2 Å². The van der Waals surface area contributed by atoms with Gasteiger partial charge in [0, 0.05) is 19.1 Å². The van der Waals surface area contributed by atoms with Gasteiger partial charge >= 0.3 is 6.09 Å². The van der Waals surface area contributed by atoms with Crippen LogP contribution >= 0.6 is 0 Å². The Bertz CT molecular complexity index is 259. The van der Waals surface area contributed by atoms with E-state index in [1.807, 2.05) is 6.92 Å². The summed E-state index contributed by atoms with van der Waals surface area (Å²) in [7, 11) is 0. The maximum absolute atomic E-state index is 11.4. The number of amides is 1. The summed E-state index contributed by atoms with van der Waals surface area (Å²) in [6.07, 6.45) is 1.20. The molecule has 1 rings (SSSR count). The number of piperidine rings is 1. The molecule has 0 aromatic carbocycles. The normalized spacial score (nSPS) is 26.7. The molecule has 0 aliphatic carbocycles. The Morgan fingerprint density at radius 2 is 2.22 bits per heavy atom. The van der Waals surface area contributed by atoms with Crippen molar-refractivity contribution in [3.63, 3.8) is 0 Å². The van der Waals surface area contributed by atoms with Crippen LogP contribution in [0.15, 0.2) is 0 Å². The lowest BCUT2D eigenvalue weighted by Gasteiger charge is -2.38. The van der Waals surface area contributed by atoms with Gasteiger partial charge in [0.1, 0.15) is 0 Å². The number of aliphatic hydroxyl groups is 1. The van der Waals surface area contributed by atoms with Gasteiger partial charge in [-0.3, -0.25) is 0 Å². The summed E-state index contributed by atoms with van der Waals surface area (Å²) < 4.78 is 4.90. The minimum atomic E-state index is -0.356. The highest BCUT2D eigenvalue weighted by molar-refractivity contribution is 5.67. The molecule has 1 aliphatic heterocycles. The van der Waals surface area contributed by atoms with E-state index in [4.69, 9.17) is 4.74 Å². The highest BCUT2D eigenvalue weighted by Gasteiger charge is 2.30. The van der Waals surface area contributed by atoms with Gasteiger partial charge in [0.2, 0.25) is 0 Å². The van der Waals surface area contributed by atoms with E-state index in [2.05, 4.69) is 17.1 Å². The molecule has 106 valence electrons. The highest BCUT2D eigenvalue weighted by Crippen LogP contribution is 2.20. The number of nitrogens with zero attached hydrogens (tertiary/aromatic N) is 1. The van der Waals surface area contributed by atoms with Gasteiger partial charge in [-0.1, -0.05) is 6.92 Å². The number of hydrogen-bond acceptors (Lipinski definition) is 4. The van der Waals surface area contributed by atoms with Gasteiger partial charge < -0.3 is 20.1 Å². The predicted molar refractivity (Wildman–Crippen MR) is 70.5 cm³/mol. The second-order valence-corrected chi connectivity index (χ2v) is 5.06. The molecule has 0 spiro atoms. The summed E-state index contributed by atoms with van der Waals surface area (Å²) in [5.41, 5.74) is 0. The molecule has 1 amide bonds. The summed E-state index contributed by atoms with van der Waals surface area (Å²) >= 11 is 0. The lowest BCUT2D eigenvalue weighted by Crippen LogP contribution is -2.52.